The van der Waals surface area contributed by atoms with Crippen molar-refractivity contribution in [1.29, 1.82) is 0 Å². The Labute approximate surface area is 93.8 Å². The molecule has 0 aromatic rings. The van der Waals surface area contributed by atoms with Gasteiger partial charge in [-0.3, -0.25) is 14.1 Å². The van der Waals surface area contributed by atoms with Crippen LogP contribution in [0.4, 0.5) is 0 Å². The first kappa shape index (κ1) is 17.4. The van der Waals surface area contributed by atoms with Crippen molar-refractivity contribution in [3.63, 3.8) is 0 Å². The van der Waals surface area contributed by atoms with Gasteiger partial charge in [0, 0.05) is 6.08 Å². The summed E-state index contributed by atoms with van der Waals surface area (Å²) >= 11 is 0. The van der Waals surface area contributed by atoms with Crippen LogP contribution in [-0.2, 0) is 24.1 Å². The van der Waals surface area contributed by atoms with Crippen LogP contribution in [0, 0.1) is 0 Å². The Balaban J connectivity index is 0. The van der Waals surface area contributed by atoms with Crippen LogP contribution < -0.4 is 5.32 Å². The van der Waals surface area contributed by atoms with E-state index >= 15 is 0 Å². The lowest BCUT2D eigenvalue weighted by Gasteiger charge is -2.10. The Morgan fingerprint density at radius 3 is 2.31 bits per heavy atom. The highest BCUT2D eigenvalue weighted by Gasteiger charge is 2.02. The normalized spacial score (nSPS) is 12.0. The average molecular weight is 257 g/mol. The van der Waals surface area contributed by atoms with Crippen LogP contribution >= 0.6 is 0 Å². The molecule has 0 radical (unpaired) electrons. The van der Waals surface area contributed by atoms with Gasteiger partial charge in [-0.25, -0.2) is 4.79 Å². The van der Waals surface area contributed by atoms with E-state index in [1.807, 2.05) is 0 Å². The summed E-state index contributed by atoms with van der Waals surface area (Å²) in [5.74, 6) is -0.506. The van der Waals surface area contributed by atoms with E-state index in [2.05, 4.69) is 20.8 Å². The van der Waals surface area contributed by atoms with Crippen molar-refractivity contribution in [2.24, 2.45) is 0 Å². The first-order valence-corrected chi connectivity index (χ1v) is 5.33. The van der Waals surface area contributed by atoms with Crippen LogP contribution in [0.1, 0.15) is 6.92 Å². The molecule has 0 fully saturated rings. The summed E-state index contributed by atoms with van der Waals surface area (Å²) in [4.78, 5) is 10.4. The molecule has 0 saturated carbocycles. The molecule has 9 heteroatoms. The smallest absolute Gasteiger partial charge is 0.397 e. The zero-order chi connectivity index (χ0) is 13.2. The molecule has 0 aliphatic heterocycles. The summed E-state index contributed by atoms with van der Waals surface area (Å²) in [6, 6.07) is 0. The molecular formula is C7H15NO7S. The van der Waals surface area contributed by atoms with Crippen LogP contribution in [-0.4, -0.2) is 44.1 Å². The van der Waals surface area contributed by atoms with Gasteiger partial charge >= 0.3 is 16.4 Å². The summed E-state index contributed by atoms with van der Waals surface area (Å²) in [6.45, 7) is 4.60. The van der Waals surface area contributed by atoms with Crippen molar-refractivity contribution in [2.75, 3.05) is 13.8 Å². The van der Waals surface area contributed by atoms with Crippen molar-refractivity contribution in [3.05, 3.63) is 12.7 Å². The number of ether oxygens (including phenoxy) is 1. The van der Waals surface area contributed by atoms with Crippen molar-refractivity contribution < 1.29 is 31.8 Å². The van der Waals surface area contributed by atoms with Crippen LogP contribution in [0.25, 0.3) is 0 Å². The van der Waals surface area contributed by atoms with Gasteiger partial charge in [0.1, 0.15) is 0 Å². The Morgan fingerprint density at radius 2 is 2.06 bits per heavy atom. The number of rotatable bonds is 5. The van der Waals surface area contributed by atoms with E-state index in [0.717, 1.165) is 13.2 Å². The van der Waals surface area contributed by atoms with Crippen molar-refractivity contribution in [1.82, 2.24) is 5.32 Å². The maximum atomic E-state index is 10.4. The fraction of sp³-hybridized carbons (Fsp3) is 0.571. The second-order valence-electron chi connectivity index (χ2n) is 2.24. The van der Waals surface area contributed by atoms with E-state index in [1.54, 1.807) is 6.92 Å². The van der Waals surface area contributed by atoms with Gasteiger partial charge in [0.25, 0.3) is 0 Å². The largest absolute Gasteiger partial charge is 0.444 e. The number of carbonyl (C=O) groups excluding carboxylic acids is 1. The lowest BCUT2D eigenvalue weighted by atomic mass is 10.6. The number of aliphatic hydroxyl groups excluding tert-OH is 1. The molecule has 0 amide bonds. The highest BCUT2D eigenvalue weighted by molar-refractivity contribution is 7.80. The molecule has 0 aliphatic rings. The Hall–Kier alpha value is -1.00. The molecule has 0 aliphatic carbocycles. The van der Waals surface area contributed by atoms with Gasteiger partial charge in [-0.2, -0.15) is 8.42 Å². The van der Waals surface area contributed by atoms with Gasteiger partial charge in [-0.1, -0.05) is 6.58 Å². The van der Waals surface area contributed by atoms with Crippen LogP contribution in [0.15, 0.2) is 12.7 Å². The summed E-state index contributed by atoms with van der Waals surface area (Å²) in [5, 5.41) is 10.8. The number of carbonyl (C=O) groups is 1. The van der Waals surface area contributed by atoms with E-state index in [-0.39, 0.29) is 6.73 Å². The highest BCUT2D eigenvalue weighted by atomic mass is 32.3. The SMILES string of the molecule is C=CC(=O)OC(C)NCO.COS(=O)(=O)O. The minimum absolute atomic E-state index is 0.217. The monoisotopic (exact) mass is 257 g/mol. The van der Waals surface area contributed by atoms with Crippen molar-refractivity contribution in [3.8, 4) is 0 Å². The maximum Gasteiger partial charge on any atom is 0.397 e. The lowest BCUT2D eigenvalue weighted by molar-refractivity contribution is -0.144. The molecule has 0 rings (SSSR count). The first-order chi connectivity index (χ1) is 7.26. The minimum Gasteiger partial charge on any atom is -0.444 e. The van der Waals surface area contributed by atoms with Gasteiger partial charge in [-0.05, 0) is 6.92 Å². The lowest BCUT2D eigenvalue weighted by Crippen LogP contribution is -2.31. The third-order valence-corrected chi connectivity index (χ3v) is 1.47. The molecule has 0 spiro atoms. The van der Waals surface area contributed by atoms with Crippen LogP contribution in [0.3, 0.4) is 0 Å². The standard InChI is InChI=1S/C6H11NO3.CH4O4S/c1-3-6(9)10-5(2)7-4-8;1-5-6(2,3)4/h3,5,7-8H,1,4H2,2H3;1H3,(H,2,3,4). The molecule has 16 heavy (non-hydrogen) atoms. The van der Waals surface area contributed by atoms with E-state index in [9.17, 15) is 13.2 Å². The molecule has 0 saturated heterocycles. The molecule has 3 N–H and O–H groups in total. The quantitative estimate of drug-likeness (QED) is 0.249. The number of hydrogen-bond donors (Lipinski definition) is 3. The third kappa shape index (κ3) is 15.5. The van der Waals surface area contributed by atoms with Gasteiger partial charge in [0.2, 0.25) is 0 Å². The summed E-state index contributed by atoms with van der Waals surface area (Å²) < 4.78 is 34.3. The Bertz CT molecular complexity index is 300. The average Bonchev–Trinajstić information content (AvgIpc) is 2.17. The molecule has 8 nitrogen and oxygen atoms in total. The van der Waals surface area contributed by atoms with Crippen molar-refractivity contribution >= 4 is 16.4 Å². The predicted molar refractivity (Wildman–Crippen MR) is 54.5 cm³/mol. The van der Waals surface area contributed by atoms with E-state index < -0.39 is 22.6 Å². The second kappa shape index (κ2) is 9.24. The molecular weight excluding hydrogens is 242 g/mol. The first-order valence-electron chi connectivity index (χ1n) is 3.97. The van der Waals surface area contributed by atoms with E-state index in [0.29, 0.717) is 0 Å². The van der Waals surface area contributed by atoms with Gasteiger partial charge in [0.05, 0.1) is 13.8 Å². The summed E-state index contributed by atoms with van der Waals surface area (Å²) in [6.07, 6.45) is 0.589. The Kier molecular flexibility index (Phi) is 10.0. The molecule has 0 aromatic heterocycles. The maximum absolute atomic E-state index is 10.4. The Morgan fingerprint density at radius 1 is 1.62 bits per heavy atom. The fourth-order valence-corrected chi connectivity index (χ4v) is 0.393. The summed E-state index contributed by atoms with van der Waals surface area (Å²) in [7, 11) is -3.29. The molecule has 0 heterocycles. The second-order valence-corrected chi connectivity index (χ2v) is 3.43. The number of nitrogens with one attached hydrogen (secondary N) is 1. The molecule has 96 valence electrons. The summed E-state index contributed by atoms with van der Waals surface area (Å²) in [5.41, 5.74) is 0. The van der Waals surface area contributed by atoms with E-state index in [4.69, 9.17) is 9.66 Å². The van der Waals surface area contributed by atoms with E-state index in [1.165, 1.54) is 0 Å². The third-order valence-electron chi connectivity index (χ3n) is 1.05. The molecule has 1 unspecified atom stereocenters. The van der Waals surface area contributed by atoms with Gasteiger partial charge < -0.3 is 9.84 Å². The van der Waals surface area contributed by atoms with Gasteiger partial charge in [-0.15, -0.1) is 0 Å². The van der Waals surface area contributed by atoms with Gasteiger partial charge in [0.15, 0.2) is 6.23 Å². The van der Waals surface area contributed by atoms with Crippen LogP contribution in [0.5, 0.6) is 0 Å². The molecule has 0 bridgehead atoms. The predicted octanol–water partition coefficient (Wildman–Crippen LogP) is -0.963. The fourth-order valence-electron chi connectivity index (χ4n) is 0.393. The topological polar surface area (TPSA) is 122 Å². The number of aliphatic hydroxyl groups is 1. The van der Waals surface area contributed by atoms with Crippen LogP contribution in [0.2, 0.25) is 0 Å². The number of esters is 1. The molecule has 0 aromatic carbocycles. The van der Waals surface area contributed by atoms with Crippen molar-refractivity contribution in [2.45, 2.75) is 13.2 Å². The minimum atomic E-state index is -4.16. The molecule has 1 atom stereocenters. The highest BCUT2D eigenvalue weighted by Crippen LogP contribution is 1.85. The number of hydrogen-bond acceptors (Lipinski definition) is 7. The zero-order valence-corrected chi connectivity index (χ0v) is 9.73. The zero-order valence-electron chi connectivity index (χ0n) is 8.91.